The third kappa shape index (κ3) is 2.12. The molecular formula is C9H12FNO3. The van der Waals surface area contributed by atoms with Gasteiger partial charge in [-0.15, -0.1) is 0 Å². The fourth-order valence-corrected chi connectivity index (χ4v) is 1.11. The van der Waals surface area contributed by atoms with Crippen LogP contribution in [-0.2, 0) is 11.4 Å². The summed E-state index contributed by atoms with van der Waals surface area (Å²) in [6, 6.07) is 2.68. The van der Waals surface area contributed by atoms with Crippen LogP contribution in [0, 0.1) is 5.82 Å². The number of rotatable bonds is 4. The smallest absolute Gasteiger partial charge is 0.194 e. The summed E-state index contributed by atoms with van der Waals surface area (Å²) >= 11 is 0. The monoisotopic (exact) mass is 201 g/mol. The molecule has 0 atom stereocenters. The average Bonchev–Trinajstić information content (AvgIpc) is 2.20. The molecule has 0 aliphatic heterocycles. The largest absolute Gasteiger partial charge is 0.502 e. The lowest BCUT2D eigenvalue weighted by Crippen LogP contribution is -2.11. The number of phenolic OH excluding ortho intramolecular Hbond substituents is 1. The van der Waals surface area contributed by atoms with Crippen LogP contribution in [-0.4, -0.2) is 19.3 Å². The molecule has 0 saturated carbocycles. The van der Waals surface area contributed by atoms with Crippen LogP contribution in [0.25, 0.3) is 0 Å². The Bertz CT molecular complexity index is 317. The lowest BCUT2D eigenvalue weighted by atomic mass is 10.2. The molecule has 0 aliphatic carbocycles. The van der Waals surface area contributed by atoms with E-state index in [1.54, 1.807) is 0 Å². The van der Waals surface area contributed by atoms with Gasteiger partial charge in [0.05, 0.1) is 14.2 Å². The van der Waals surface area contributed by atoms with Crippen LogP contribution < -0.4 is 10.2 Å². The summed E-state index contributed by atoms with van der Waals surface area (Å²) in [4.78, 5) is 4.63. The van der Waals surface area contributed by atoms with E-state index in [0.717, 1.165) is 0 Å². The predicted molar refractivity (Wildman–Crippen MR) is 48.5 cm³/mol. The molecule has 0 saturated heterocycles. The summed E-state index contributed by atoms with van der Waals surface area (Å²) in [5.41, 5.74) is 3.19. The van der Waals surface area contributed by atoms with Gasteiger partial charge >= 0.3 is 0 Å². The second-order valence-corrected chi connectivity index (χ2v) is 2.61. The Morgan fingerprint density at radius 2 is 2.14 bits per heavy atom. The summed E-state index contributed by atoms with van der Waals surface area (Å²) in [6.45, 7) is 0.327. The number of nitrogens with one attached hydrogen (secondary N) is 1. The van der Waals surface area contributed by atoms with E-state index in [1.165, 1.54) is 26.4 Å². The van der Waals surface area contributed by atoms with Crippen molar-refractivity contribution in [3.8, 4) is 11.5 Å². The molecule has 0 aromatic heterocycles. The molecular weight excluding hydrogens is 189 g/mol. The zero-order chi connectivity index (χ0) is 10.6. The molecule has 0 spiro atoms. The maximum atomic E-state index is 12.9. The van der Waals surface area contributed by atoms with Crippen molar-refractivity contribution >= 4 is 0 Å². The van der Waals surface area contributed by atoms with E-state index in [4.69, 9.17) is 4.74 Å². The lowest BCUT2D eigenvalue weighted by molar-refractivity contribution is 0.0860. The predicted octanol–water partition coefficient (Wildman–Crippen LogP) is 1.19. The van der Waals surface area contributed by atoms with Crippen LogP contribution in [0.15, 0.2) is 12.1 Å². The molecule has 0 unspecified atom stereocenters. The average molecular weight is 201 g/mol. The zero-order valence-electron chi connectivity index (χ0n) is 8.00. The first-order valence-corrected chi connectivity index (χ1v) is 4.01. The molecule has 78 valence electrons. The highest BCUT2D eigenvalue weighted by molar-refractivity contribution is 5.46. The van der Waals surface area contributed by atoms with Crippen molar-refractivity contribution in [1.29, 1.82) is 0 Å². The van der Waals surface area contributed by atoms with Gasteiger partial charge < -0.3 is 14.7 Å². The molecule has 0 bridgehead atoms. The van der Waals surface area contributed by atoms with Gasteiger partial charge in [-0.3, -0.25) is 0 Å². The van der Waals surface area contributed by atoms with Crippen LogP contribution in [0.4, 0.5) is 4.39 Å². The Balaban J connectivity index is 2.98. The summed E-state index contributed by atoms with van der Waals surface area (Å²) in [5, 5.41) is 9.31. The number of hydrogen-bond donors (Lipinski definition) is 2. The second kappa shape index (κ2) is 4.78. The molecule has 0 amide bonds. The lowest BCUT2D eigenvalue weighted by Gasteiger charge is -2.10. The van der Waals surface area contributed by atoms with Crippen LogP contribution >= 0.6 is 0 Å². The van der Waals surface area contributed by atoms with Crippen molar-refractivity contribution in [3.63, 3.8) is 0 Å². The van der Waals surface area contributed by atoms with Crippen molar-refractivity contribution in [2.24, 2.45) is 0 Å². The summed E-state index contributed by atoms with van der Waals surface area (Å²) in [5.74, 6) is -1.07. The molecule has 0 fully saturated rings. The van der Waals surface area contributed by atoms with Crippen LogP contribution in [0.3, 0.4) is 0 Å². The molecule has 1 aromatic carbocycles. The van der Waals surface area contributed by atoms with Crippen molar-refractivity contribution < 1.29 is 19.1 Å². The third-order valence-corrected chi connectivity index (χ3v) is 1.77. The van der Waals surface area contributed by atoms with E-state index in [9.17, 15) is 9.50 Å². The number of aromatic hydroxyl groups is 1. The van der Waals surface area contributed by atoms with Gasteiger partial charge in [-0.1, -0.05) is 6.07 Å². The second-order valence-electron chi connectivity index (χ2n) is 2.61. The Hall–Kier alpha value is -1.33. The Morgan fingerprint density at radius 1 is 1.43 bits per heavy atom. The number of benzene rings is 1. The van der Waals surface area contributed by atoms with Gasteiger partial charge in [-0.05, 0) is 6.07 Å². The zero-order valence-corrected chi connectivity index (χ0v) is 8.00. The Kier molecular flexibility index (Phi) is 3.67. The molecule has 4 nitrogen and oxygen atoms in total. The number of methoxy groups -OCH3 is 1. The molecule has 14 heavy (non-hydrogen) atoms. The topological polar surface area (TPSA) is 50.7 Å². The summed E-state index contributed by atoms with van der Waals surface area (Å²) < 4.78 is 17.8. The van der Waals surface area contributed by atoms with Crippen molar-refractivity contribution in [2.45, 2.75) is 6.54 Å². The highest BCUT2D eigenvalue weighted by Crippen LogP contribution is 2.32. The molecule has 0 radical (unpaired) electrons. The van der Waals surface area contributed by atoms with Gasteiger partial charge in [0.15, 0.2) is 17.3 Å². The van der Waals surface area contributed by atoms with Gasteiger partial charge in [0.25, 0.3) is 0 Å². The summed E-state index contributed by atoms with van der Waals surface area (Å²) in [7, 11) is 2.83. The Labute approximate surface area is 81.2 Å². The maximum Gasteiger partial charge on any atom is 0.194 e. The van der Waals surface area contributed by atoms with Gasteiger partial charge in [-0.25, -0.2) is 4.39 Å². The number of ether oxygens (including phenoxy) is 1. The molecule has 2 N–H and O–H groups in total. The van der Waals surface area contributed by atoms with Crippen molar-refractivity contribution in [2.75, 3.05) is 14.2 Å². The van der Waals surface area contributed by atoms with Crippen molar-refractivity contribution in [3.05, 3.63) is 23.5 Å². The minimum atomic E-state index is -0.706. The van der Waals surface area contributed by atoms with Gasteiger partial charge in [0.2, 0.25) is 0 Å². The number of phenols is 1. The first-order chi connectivity index (χ1) is 6.70. The van der Waals surface area contributed by atoms with E-state index in [0.29, 0.717) is 12.1 Å². The van der Waals surface area contributed by atoms with Crippen LogP contribution in [0.1, 0.15) is 5.56 Å². The number of hydrogen-bond acceptors (Lipinski definition) is 4. The molecule has 5 heteroatoms. The van der Waals surface area contributed by atoms with Crippen LogP contribution in [0.5, 0.6) is 11.5 Å². The highest BCUT2D eigenvalue weighted by atomic mass is 19.1. The van der Waals surface area contributed by atoms with Gasteiger partial charge in [0.1, 0.15) is 0 Å². The minimum absolute atomic E-state index is 0.120. The normalized spacial score (nSPS) is 10.2. The van der Waals surface area contributed by atoms with E-state index >= 15 is 0 Å². The standard InChI is InChI=1S/C9H12FNO3/c1-13-9-6(5-11-14-2)3-4-7(10)8(9)12/h3-4,11-12H,5H2,1-2H3. The van der Waals surface area contributed by atoms with Crippen molar-refractivity contribution in [1.82, 2.24) is 5.48 Å². The van der Waals surface area contributed by atoms with E-state index in [-0.39, 0.29) is 5.75 Å². The third-order valence-electron chi connectivity index (χ3n) is 1.77. The number of halogens is 1. The van der Waals surface area contributed by atoms with Gasteiger partial charge in [-0.2, -0.15) is 5.48 Å². The van der Waals surface area contributed by atoms with Gasteiger partial charge in [0, 0.05) is 12.1 Å². The minimum Gasteiger partial charge on any atom is -0.502 e. The highest BCUT2D eigenvalue weighted by Gasteiger charge is 2.12. The van der Waals surface area contributed by atoms with Crippen LogP contribution in [0.2, 0.25) is 0 Å². The molecule has 1 rings (SSSR count). The molecule has 0 aliphatic rings. The number of hydroxylamine groups is 1. The maximum absolute atomic E-state index is 12.9. The SMILES string of the molecule is CONCc1ccc(F)c(O)c1OC. The molecule has 1 aromatic rings. The Morgan fingerprint density at radius 3 is 2.71 bits per heavy atom. The van der Waals surface area contributed by atoms with E-state index in [2.05, 4.69) is 10.3 Å². The fraction of sp³-hybridized carbons (Fsp3) is 0.333. The summed E-state index contributed by atoms with van der Waals surface area (Å²) in [6.07, 6.45) is 0. The first-order valence-electron chi connectivity index (χ1n) is 4.01. The fourth-order valence-electron chi connectivity index (χ4n) is 1.11. The van der Waals surface area contributed by atoms with E-state index < -0.39 is 11.6 Å². The first kappa shape index (κ1) is 10.7. The van der Waals surface area contributed by atoms with E-state index in [1.807, 2.05) is 0 Å². The quantitative estimate of drug-likeness (QED) is 0.718. The molecule has 0 heterocycles.